The van der Waals surface area contributed by atoms with Crippen LogP contribution in [-0.2, 0) is 4.74 Å². The molecule has 0 radical (unpaired) electrons. The van der Waals surface area contributed by atoms with Crippen LogP contribution >= 0.6 is 22.9 Å². The Morgan fingerprint density at radius 2 is 1.84 bits per heavy atom. The van der Waals surface area contributed by atoms with Gasteiger partial charge in [0.1, 0.15) is 4.83 Å². The minimum atomic E-state index is -0.268. The molecule has 2 aromatic carbocycles. The Balaban J connectivity index is 1.26. The van der Waals surface area contributed by atoms with Gasteiger partial charge in [0.25, 0.3) is 11.8 Å². The molecule has 5 rings (SSSR count). The zero-order valence-corrected chi connectivity index (χ0v) is 22.1. The van der Waals surface area contributed by atoms with Crippen molar-refractivity contribution in [1.29, 1.82) is 0 Å². The molecule has 1 aliphatic heterocycles. The summed E-state index contributed by atoms with van der Waals surface area (Å²) in [7, 11) is 0. The van der Waals surface area contributed by atoms with Crippen LogP contribution in [0.25, 0.3) is 15.9 Å². The maximum absolute atomic E-state index is 13.2. The molecule has 0 bridgehead atoms. The SMILES string of the molecule is Cc1nn(-c2ccc(Cl)cc2)c2sc(C(=O)Nc3ccccc3C(=O)NCCCN3CCOCC3)cc12. The molecular weight excluding hydrogens is 510 g/mol. The summed E-state index contributed by atoms with van der Waals surface area (Å²) in [4.78, 5) is 29.8. The first-order chi connectivity index (χ1) is 18.0. The fourth-order valence-corrected chi connectivity index (χ4v) is 5.52. The predicted molar refractivity (Wildman–Crippen MR) is 147 cm³/mol. The number of ether oxygens (including phenoxy) is 1. The van der Waals surface area contributed by atoms with E-state index in [4.69, 9.17) is 16.3 Å². The number of benzene rings is 2. The number of carbonyl (C=O) groups excluding carboxylic acids is 2. The van der Waals surface area contributed by atoms with Gasteiger partial charge in [0.2, 0.25) is 0 Å². The average Bonchev–Trinajstić information content (AvgIpc) is 3.49. The van der Waals surface area contributed by atoms with Crippen LogP contribution in [-0.4, -0.2) is 65.9 Å². The van der Waals surface area contributed by atoms with Crippen molar-refractivity contribution in [2.75, 3.05) is 44.7 Å². The molecule has 3 heterocycles. The molecule has 192 valence electrons. The van der Waals surface area contributed by atoms with Gasteiger partial charge >= 0.3 is 0 Å². The van der Waals surface area contributed by atoms with E-state index in [0.29, 0.717) is 27.7 Å². The van der Waals surface area contributed by atoms with Crippen LogP contribution in [0.2, 0.25) is 5.02 Å². The summed E-state index contributed by atoms with van der Waals surface area (Å²) in [6.45, 7) is 6.78. The monoisotopic (exact) mass is 537 g/mol. The molecule has 8 nitrogen and oxygen atoms in total. The van der Waals surface area contributed by atoms with Gasteiger partial charge in [0.15, 0.2) is 0 Å². The number of hydrogen-bond acceptors (Lipinski definition) is 6. The number of fused-ring (bicyclic) bond motifs is 1. The zero-order valence-electron chi connectivity index (χ0n) is 20.5. The van der Waals surface area contributed by atoms with E-state index < -0.39 is 0 Å². The van der Waals surface area contributed by atoms with E-state index in [0.717, 1.165) is 60.9 Å². The van der Waals surface area contributed by atoms with Crippen molar-refractivity contribution in [3.8, 4) is 5.69 Å². The Labute approximate surface area is 224 Å². The number of halogens is 1. The molecule has 1 aliphatic rings. The van der Waals surface area contributed by atoms with Gasteiger partial charge < -0.3 is 15.4 Å². The van der Waals surface area contributed by atoms with E-state index in [-0.39, 0.29) is 11.8 Å². The van der Waals surface area contributed by atoms with Gasteiger partial charge in [-0.3, -0.25) is 14.5 Å². The highest BCUT2D eigenvalue weighted by molar-refractivity contribution is 7.20. The first-order valence-corrected chi connectivity index (χ1v) is 13.4. The van der Waals surface area contributed by atoms with E-state index >= 15 is 0 Å². The fourth-order valence-electron chi connectivity index (χ4n) is 4.32. The van der Waals surface area contributed by atoms with Crippen molar-refractivity contribution in [3.05, 3.63) is 75.8 Å². The molecule has 0 aliphatic carbocycles. The molecule has 0 saturated carbocycles. The lowest BCUT2D eigenvalue weighted by Crippen LogP contribution is -2.38. The van der Waals surface area contributed by atoms with Crippen molar-refractivity contribution in [2.45, 2.75) is 13.3 Å². The van der Waals surface area contributed by atoms with Gasteiger partial charge in [0.05, 0.1) is 40.7 Å². The molecule has 2 amide bonds. The third-order valence-electron chi connectivity index (χ3n) is 6.30. The second kappa shape index (κ2) is 11.4. The molecule has 1 saturated heterocycles. The number of aromatic nitrogens is 2. The number of hydrogen-bond donors (Lipinski definition) is 2. The van der Waals surface area contributed by atoms with Gasteiger partial charge in [-0.15, -0.1) is 11.3 Å². The quantitative estimate of drug-likeness (QED) is 0.317. The second-order valence-corrected chi connectivity index (χ2v) is 10.3. The molecule has 37 heavy (non-hydrogen) atoms. The molecule has 4 aromatic rings. The van der Waals surface area contributed by atoms with E-state index in [9.17, 15) is 9.59 Å². The zero-order chi connectivity index (χ0) is 25.8. The number of thiophene rings is 1. The van der Waals surface area contributed by atoms with Crippen LogP contribution in [0.15, 0.2) is 54.6 Å². The fraction of sp³-hybridized carbons (Fsp3) is 0.296. The van der Waals surface area contributed by atoms with Crippen LogP contribution in [0.3, 0.4) is 0 Å². The first-order valence-electron chi connectivity index (χ1n) is 12.2. The van der Waals surface area contributed by atoms with Gasteiger partial charge in [-0.2, -0.15) is 5.10 Å². The van der Waals surface area contributed by atoms with Crippen molar-refractivity contribution >= 4 is 50.7 Å². The smallest absolute Gasteiger partial charge is 0.265 e. The third kappa shape index (κ3) is 5.86. The highest BCUT2D eigenvalue weighted by atomic mass is 35.5. The molecule has 0 spiro atoms. The molecule has 1 fully saturated rings. The highest BCUT2D eigenvalue weighted by Gasteiger charge is 2.19. The Hall–Kier alpha value is -3.24. The third-order valence-corrected chi connectivity index (χ3v) is 7.66. The summed E-state index contributed by atoms with van der Waals surface area (Å²) in [6, 6.07) is 16.3. The second-order valence-electron chi connectivity index (χ2n) is 8.87. The number of anilines is 1. The summed E-state index contributed by atoms with van der Waals surface area (Å²) >= 11 is 7.39. The summed E-state index contributed by atoms with van der Waals surface area (Å²) < 4.78 is 7.19. The standard InChI is InChI=1S/C27H28ClN5O3S/c1-18-22-17-24(37-27(22)33(31-18)20-9-7-19(28)8-10-20)26(35)30-23-6-3-2-5-21(23)25(34)29-11-4-12-32-13-15-36-16-14-32/h2-3,5-10,17H,4,11-16H2,1H3,(H,29,34)(H,30,35). The van der Waals surface area contributed by atoms with Gasteiger partial charge in [-0.1, -0.05) is 23.7 Å². The summed E-state index contributed by atoms with van der Waals surface area (Å²) in [5, 5.41) is 12.1. The maximum Gasteiger partial charge on any atom is 0.265 e. The van der Waals surface area contributed by atoms with Crippen LogP contribution in [0.4, 0.5) is 5.69 Å². The minimum Gasteiger partial charge on any atom is -0.379 e. The Morgan fingerprint density at radius 1 is 1.08 bits per heavy atom. The van der Waals surface area contributed by atoms with Crippen molar-refractivity contribution < 1.29 is 14.3 Å². The van der Waals surface area contributed by atoms with Crippen LogP contribution in [0, 0.1) is 6.92 Å². The predicted octanol–water partition coefficient (Wildman–Crippen LogP) is 4.75. The lowest BCUT2D eigenvalue weighted by molar-refractivity contribution is 0.0374. The normalized spacial score (nSPS) is 14.1. The largest absolute Gasteiger partial charge is 0.379 e. The first kappa shape index (κ1) is 25.4. The summed E-state index contributed by atoms with van der Waals surface area (Å²) in [5.74, 6) is -0.473. The molecule has 2 aromatic heterocycles. The van der Waals surface area contributed by atoms with Gasteiger partial charge in [-0.05, 0) is 62.4 Å². The number of para-hydroxylation sites is 1. The molecular formula is C27H28ClN5O3S. The van der Waals surface area contributed by atoms with Crippen LogP contribution in [0.5, 0.6) is 0 Å². The van der Waals surface area contributed by atoms with Crippen LogP contribution < -0.4 is 10.6 Å². The molecule has 2 N–H and O–H groups in total. The number of rotatable bonds is 8. The van der Waals surface area contributed by atoms with E-state index in [1.807, 2.05) is 41.9 Å². The van der Waals surface area contributed by atoms with E-state index in [2.05, 4.69) is 20.6 Å². The molecule has 10 heteroatoms. The number of carbonyl (C=O) groups is 2. The van der Waals surface area contributed by atoms with Crippen molar-refractivity contribution in [1.82, 2.24) is 20.0 Å². The molecule has 0 unspecified atom stereocenters. The van der Waals surface area contributed by atoms with Gasteiger partial charge in [0, 0.05) is 30.0 Å². The number of amides is 2. The lowest BCUT2D eigenvalue weighted by Gasteiger charge is -2.26. The Bertz CT molecular complexity index is 1410. The van der Waals surface area contributed by atoms with Gasteiger partial charge in [-0.25, -0.2) is 4.68 Å². The average molecular weight is 538 g/mol. The van der Waals surface area contributed by atoms with Crippen LogP contribution in [0.1, 0.15) is 32.1 Å². The lowest BCUT2D eigenvalue weighted by atomic mass is 10.1. The van der Waals surface area contributed by atoms with Crippen molar-refractivity contribution in [2.24, 2.45) is 0 Å². The highest BCUT2D eigenvalue weighted by Crippen LogP contribution is 2.31. The number of morpholine rings is 1. The van der Waals surface area contributed by atoms with Crippen molar-refractivity contribution in [3.63, 3.8) is 0 Å². The number of aryl methyl sites for hydroxylation is 1. The van der Waals surface area contributed by atoms with E-state index in [1.165, 1.54) is 11.3 Å². The summed E-state index contributed by atoms with van der Waals surface area (Å²) in [6.07, 6.45) is 0.853. The molecule has 0 atom stereocenters. The number of nitrogens with one attached hydrogen (secondary N) is 2. The van der Waals surface area contributed by atoms with E-state index in [1.54, 1.807) is 24.3 Å². The Kier molecular flexibility index (Phi) is 7.85. The topological polar surface area (TPSA) is 88.5 Å². The maximum atomic E-state index is 13.2. The Morgan fingerprint density at radius 3 is 2.62 bits per heavy atom. The number of nitrogens with zero attached hydrogens (tertiary/aromatic N) is 3. The summed E-state index contributed by atoms with van der Waals surface area (Å²) in [5.41, 5.74) is 2.61. The minimum absolute atomic E-state index is 0.205.